The highest BCUT2D eigenvalue weighted by Gasteiger charge is 2.22. The van der Waals surface area contributed by atoms with E-state index in [-0.39, 0.29) is 18.1 Å². The third kappa shape index (κ3) is 6.69. The van der Waals surface area contributed by atoms with Crippen LogP contribution in [-0.2, 0) is 11.3 Å². The Balaban J connectivity index is 1.73. The third-order valence-corrected chi connectivity index (χ3v) is 4.20. The van der Waals surface area contributed by atoms with Gasteiger partial charge in [0.25, 0.3) is 0 Å². The molecule has 1 fully saturated rings. The maximum absolute atomic E-state index is 11.2. The molecule has 1 aromatic carbocycles. The minimum atomic E-state index is -0.375. The van der Waals surface area contributed by atoms with Crippen molar-refractivity contribution < 1.29 is 9.90 Å². The van der Waals surface area contributed by atoms with E-state index in [2.05, 4.69) is 27.2 Å². The van der Waals surface area contributed by atoms with Gasteiger partial charge in [-0.1, -0.05) is 30.3 Å². The second kappa shape index (κ2) is 9.01. The maximum atomic E-state index is 11.2. The summed E-state index contributed by atoms with van der Waals surface area (Å²) in [5.74, 6) is 0.0278. The number of piperidine rings is 1. The van der Waals surface area contributed by atoms with E-state index in [1.807, 2.05) is 25.2 Å². The van der Waals surface area contributed by atoms with Gasteiger partial charge >= 0.3 is 0 Å². The number of hydrogen-bond donors (Lipinski definition) is 2. The Hall–Kier alpha value is -1.43. The summed E-state index contributed by atoms with van der Waals surface area (Å²) in [5.41, 5.74) is 1.26. The molecule has 1 saturated heterocycles. The van der Waals surface area contributed by atoms with Crippen LogP contribution in [0.15, 0.2) is 30.3 Å². The Labute approximate surface area is 139 Å². The van der Waals surface area contributed by atoms with Crippen LogP contribution in [0.3, 0.4) is 0 Å². The van der Waals surface area contributed by atoms with Crippen LogP contribution in [0.5, 0.6) is 0 Å². The van der Waals surface area contributed by atoms with Gasteiger partial charge in [-0.2, -0.15) is 0 Å². The first-order valence-corrected chi connectivity index (χ1v) is 8.43. The van der Waals surface area contributed by atoms with Crippen molar-refractivity contribution >= 4 is 5.91 Å². The molecule has 1 aliphatic heterocycles. The van der Waals surface area contributed by atoms with Gasteiger partial charge < -0.3 is 10.4 Å². The first-order chi connectivity index (χ1) is 11.0. The molecule has 1 heterocycles. The number of β-amino-alcohol motifs (C(OH)–C–C–N with tert-alkyl or cyclic N) is 1. The van der Waals surface area contributed by atoms with Crippen molar-refractivity contribution in [1.82, 2.24) is 15.1 Å². The summed E-state index contributed by atoms with van der Waals surface area (Å²) < 4.78 is 0. The molecule has 1 amide bonds. The quantitative estimate of drug-likeness (QED) is 0.790. The zero-order valence-corrected chi connectivity index (χ0v) is 14.2. The van der Waals surface area contributed by atoms with Gasteiger partial charge in [-0.05, 0) is 32.0 Å². The molecule has 0 radical (unpaired) electrons. The Morgan fingerprint density at radius 1 is 1.43 bits per heavy atom. The molecule has 128 valence electrons. The van der Waals surface area contributed by atoms with E-state index in [0.29, 0.717) is 13.1 Å². The molecular formula is C18H29N3O2. The summed E-state index contributed by atoms with van der Waals surface area (Å²) in [7, 11) is 2.03. The van der Waals surface area contributed by atoms with Gasteiger partial charge in [0.1, 0.15) is 0 Å². The smallest absolute Gasteiger partial charge is 0.217 e. The lowest BCUT2D eigenvalue weighted by Gasteiger charge is -2.34. The monoisotopic (exact) mass is 319 g/mol. The summed E-state index contributed by atoms with van der Waals surface area (Å²) >= 11 is 0. The van der Waals surface area contributed by atoms with Crippen LogP contribution in [0.4, 0.5) is 0 Å². The summed E-state index contributed by atoms with van der Waals surface area (Å²) in [4.78, 5) is 15.6. The Morgan fingerprint density at radius 2 is 2.17 bits per heavy atom. The fraction of sp³-hybridized carbons (Fsp3) is 0.611. The number of likely N-dealkylation sites (N-methyl/N-ethyl adjacent to an activating group) is 1. The fourth-order valence-corrected chi connectivity index (χ4v) is 3.30. The van der Waals surface area contributed by atoms with Crippen LogP contribution in [0.25, 0.3) is 0 Å². The molecule has 23 heavy (non-hydrogen) atoms. The van der Waals surface area contributed by atoms with Crippen LogP contribution < -0.4 is 5.32 Å². The zero-order chi connectivity index (χ0) is 16.7. The number of nitrogens with zero attached hydrogens (tertiary/aromatic N) is 2. The van der Waals surface area contributed by atoms with Gasteiger partial charge in [0.05, 0.1) is 6.10 Å². The summed E-state index contributed by atoms with van der Waals surface area (Å²) in [5, 5.41) is 13.3. The van der Waals surface area contributed by atoms with Crippen LogP contribution in [0.2, 0.25) is 0 Å². The number of rotatable bonds is 7. The number of carbonyl (C=O) groups excluding carboxylic acids is 1. The summed E-state index contributed by atoms with van der Waals surface area (Å²) in [6.07, 6.45) is 1.72. The van der Waals surface area contributed by atoms with Crippen LogP contribution in [-0.4, -0.2) is 66.2 Å². The topological polar surface area (TPSA) is 55.8 Å². The van der Waals surface area contributed by atoms with Crippen molar-refractivity contribution in [3.63, 3.8) is 0 Å². The van der Waals surface area contributed by atoms with Crippen LogP contribution >= 0.6 is 0 Å². The van der Waals surface area contributed by atoms with E-state index < -0.39 is 0 Å². The lowest BCUT2D eigenvalue weighted by atomic mass is 10.1. The van der Waals surface area contributed by atoms with Crippen molar-refractivity contribution in [2.75, 3.05) is 33.2 Å². The molecule has 2 atom stereocenters. The molecule has 0 aliphatic carbocycles. The Kier molecular flexibility index (Phi) is 7.02. The van der Waals surface area contributed by atoms with Gasteiger partial charge in [-0.25, -0.2) is 0 Å². The molecule has 2 rings (SSSR count). The molecule has 1 aromatic rings. The predicted octanol–water partition coefficient (Wildman–Crippen LogP) is 1.08. The number of benzene rings is 1. The number of aliphatic hydroxyl groups is 1. The summed E-state index contributed by atoms with van der Waals surface area (Å²) in [6, 6.07) is 10.5. The largest absolute Gasteiger partial charge is 0.390 e. The number of amides is 1. The standard InChI is InChI=1S/C18H29N3O2/c1-15(22)19-17-9-6-10-21(12-17)14-18(23)13-20(2)11-16-7-4-3-5-8-16/h3-5,7-8,17-18,23H,6,9-14H2,1-2H3,(H,19,22). The molecule has 5 nitrogen and oxygen atoms in total. The van der Waals surface area contributed by atoms with Gasteiger partial charge in [-0.15, -0.1) is 0 Å². The summed E-state index contributed by atoms with van der Waals surface area (Å²) in [6.45, 7) is 5.54. The number of hydrogen-bond acceptors (Lipinski definition) is 4. The van der Waals surface area contributed by atoms with E-state index in [0.717, 1.165) is 32.5 Å². The fourth-order valence-electron chi connectivity index (χ4n) is 3.30. The lowest BCUT2D eigenvalue weighted by molar-refractivity contribution is -0.120. The Morgan fingerprint density at radius 3 is 2.87 bits per heavy atom. The number of carbonyl (C=O) groups is 1. The van der Waals surface area contributed by atoms with Gasteiger partial charge in [0.15, 0.2) is 0 Å². The predicted molar refractivity (Wildman–Crippen MR) is 92.1 cm³/mol. The molecule has 0 spiro atoms. The van der Waals surface area contributed by atoms with Gasteiger partial charge in [0, 0.05) is 39.1 Å². The molecule has 5 heteroatoms. The first kappa shape index (κ1) is 17.9. The number of aliphatic hydroxyl groups excluding tert-OH is 1. The van der Waals surface area contributed by atoms with E-state index in [1.54, 1.807) is 6.92 Å². The zero-order valence-electron chi connectivity index (χ0n) is 14.2. The molecule has 0 aromatic heterocycles. The van der Waals surface area contributed by atoms with Gasteiger partial charge in [0.2, 0.25) is 5.91 Å². The van der Waals surface area contributed by atoms with Crippen LogP contribution in [0, 0.1) is 0 Å². The molecule has 2 N–H and O–H groups in total. The molecule has 0 bridgehead atoms. The minimum Gasteiger partial charge on any atom is -0.390 e. The van der Waals surface area contributed by atoms with E-state index in [9.17, 15) is 9.90 Å². The second-order valence-electron chi connectivity index (χ2n) is 6.64. The van der Waals surface area contributed by atoms with E-state index >= 15 is 0 Å². The molecular weight excluding hydrogens is 290 g/mol. The van der Waals surface area contributed by atoms with E-state index in [4.69, 9.17) is 0 Å². The van der Waals surface area contributed by atoms with Crippen LogP contribution in [0.1, 0.15) is 25.3 Å². The third-order valence-electron chi connectivity index (χ3n) is 4.20. The first-order valence-electron chi connectivity index (χ1n) is 8.43. The molecule has 0 saturated carbocycles. The molecule has 2 unspecified atom stereocenters. The second-order valence-corrected chi connectivity index (χ2v) is 6.64. The average molecular weight is 319 g/mol. The molecule has 1 aliphatic rings. The number of nitrogens with one attached hydrogen (secondary N) is 1. The number of likely N-dealkylation sites (tertiary alicyclic amines) is 1. The Bertz CT molecular complexity index is 480. The van der Waals surface area contributed by atoms with E-state index in [1.165, 1.54) is 5.56 Å². The maximum Gasteiger partial charge on any atom is 0.217 e. The van der Waals surface area contributed by atoms with Crippen molar-refractivity contribution in [1.29, 1.82) is 0 Å². The average Bonchev–Trinajstić information content (AvgIpc) is 2.47. The van der Waals surface area contributed by atoms with Crippen molar-refractivity contribution in [3.8, 4) is 0 Å². The highest BCUT2D eigenvalue weighted by atomic mass is 16.3. The van der Waals surface area contributed by atoms with Crippen molar-refractivity contribution in [3.05, 3.63) is 35.9 Å². The highest BCUT2D eigenvalue weighted by Crippen LogP contribution is 2.11. The van der Waals surface area contributed by atoms with Gasteiger partial charge in [-0.3, -0.25) is 14.6 Å². The van der Waals surface area contributed by atoms with Crippen molar-refractivity contribution in [2.24, 2.45) is 0 Å². The SMILES string of the molecule is CC(=O)NC1CCCN(CC(O)CN(C)Cc2ccccc2)C1. The normalized spacial score (nSPS) is 20.4. The lowest BCUT2D eigenvalue weighted by Crippen LogP contribution is -2.50. The minimum absolute atomic E-state index is 0.0278. The van der Waals surface area contributed by atoms with Crippen molar-refractivity contribution in [2.45, 2.75) is 38.5 Å². The highest BCUT2D eigenvalue weighted by molar-refractivity contribution is 5.73.